The molecule has 0 aliphatic heterocycles. The van der Waals surface area contributed by atoms with Crippen LogP contribution in [-0.2, 0) is 14.3 Å². The highest BCUT2D eigenvalue weighted by Gasteiger charge is 2.26. The molecule has 0 radical (unpaired) electrons. The van der Waals surface area contributed by atoms with Crippen molar-refractivity contribution in [3.8, 4) is 0 Å². The molecule has 21 heavy (non-hydrogen) atoms. The van der Waals surface area contributed by atoms with Gasteiger partial charge < -0.3 is 9.64 Å². The number of ether oxygens (including phenoxy) is 1. The van der Waals surface area contributed by atoms with Gasteiger partial charge in [-0.05, 0) is 19.8 Å². The van der Waals surface area contributed by atoms with E-state index in [1.807, 2.05) is 25.7 Å². The van der Waals surface area contributed by atoms with Crippen LogP contribution in [0.15, 0.2) is 0 Å². The first-order chi connectivity index (χ1) is 10.1. The molecule has 1 fully saturated rings. The van der Waals surface area contributed by atoms with E-state index in [-0.39, 0.29) is 17.8 Å². The van der Waals surface area contributed by atoms with E-state index in [9.17, 15) is 9.59 Å². The van der Waals surface area contributed by atoms with Crippen LogP contribution in [-0.4, -0.2) is 36.0 Å². The molecule has 0 heterocycles. The van der Waals surface area contributed by atoms with Gasteiger partial charge in [0.05, 0.1) is 13.0 Å². The second-order valence-electron chi connectivity index (χ2n) is 6.24. The average molecular weight is 297 g/mol. The summed E-state index contributed by atoms with van der Waals surface area (Å²) < 4.78 is 4.99. The standard InChI is InChI=1S/C17H31NO3/c1-4-21-16(19)12-13-18(17(20)14(2)3)15-10-8-6-5-7-9-11-15/h14-15H,4-13H2,1-3H3. The van der Waals surface area contributed by atoms with Crippen molar-refractivity contribution in [1.29, 1.82) is 0 Å². The summed E-state index contributed by atoms with van der Waals surface area (Å²) in [5.74, 6) is -0.0487. The highest BCUT2D eigenvalue weighted by atomic mass is 16.5. The Balaban J connectivity index is 2.65. The monoisotopic (exact) mass is 297 g/mol. The van der Waals surface area contributed by atoms with E-state index >= 15 is 0 Å². The Bertz CT molecular complexity index is 320. The van der Waals surface area contributed by atoms with Crippen molar-refractivity contribution in [2.75, 3.05) is 13.2 Å². The molecule has 0 saturated heterocycles. The number of nitrogens with zero attached hydrogens (tertiary/aromatic N) is 1. The lowest BCUT2D eigenvalue weighted by Crippen LogP contribution is -2.44. The molecule has 0 spiro atoms. The summed E-state index contributed by atoms with van der Waals surface area (Å²) in [7, 11) is 0. The fourth-order valence-corrected chi connectivity index (χ4v) is 3.00. The summed E-state index contributed by atoms with van der Waals surface area (Å²) in [6, 6.07) is 0.301. The van der Waals surface area contributed by atoms with Crippen LogP contribution in [0, 0.1) is 5.92 Å². The fraction of sp³-hybridized carbons (Fsp3) is 0.882. The third-order valence-electron chi connectivity index (χ3n) is 4.15. The van der Waals surface area contributed by atoms with Gasteiger partial charge in [0.1, 0.15) is 0 Å². The molecular weight excluding hydrogens is 266 g/mol. The summed E-state index contributed by atoms with van der Waals surface area (Å²) in [5.41, 5.74) is 0. The molecule has 0 unspecified atom stereocenters. The van der Waals surface area contributed by atoms with Gasteiger partial charge in [-0.2, -0.15) is 0 Å². The fourth-order valence-electron chi connectivity index (χ4n) is 3.00. The van der Waals surface area contributed by atoms with E-state index in [4.69, 9.17) is 4.74 Å². The van der Waals surface area contributed by atoms with Crippen molar-refractivity contribution in [2.24, 2.45) is 5.92 Å². The smallest absolute Gasteiger partial charge is 0.307 e. The molecule has 1 aliphatic carbocycles. The quantitative estimate of drug-likeness (QED) is 0.705. The zero-order valence-corrected chi connectivity index (χ0v) is 13.9. The van der Waals surface area contributed by atoms with Crippen LogP contribution in [0.25, 0.3) is 0 Å². The SMILES string of the molecule is CCOC(=O)CCN(C(=O)C(C)C)C1CCCCCCC1. The van der Waals surface area contributed by atoms with Crippen LogP contribution >= 0.6 is 0 Å². The maximum Gasteiger partial charge on any atom is 0.307 e. The number of rotatable bonds is 6. The van der Waals surface area contributed by atoms with Crippen molar-refractivity contribution in [1.82, 2.24) is 4.90 Å². The zero-order valence-electron chi connectivity index (χ0n) is 13.9. The van der Waals surface area contributed by atoms with E-state index in [0.717, 1.165) is 12.8 Å². The second kappa shape index (κ2) is 9.80. The van der Waals surface area contributed by atoms with Gasteiger partial charge in [-0.25, -0.2) is 0 Å². The van der Waals surface area contributed by atoms with Gasteiger partial charge in [0.15, 0.2) is 0 Å². The lowest BCUT2D eigenvalue weighted by Gasteiger charge is -2.34. The predicted octanol–water partition coefficient (Wildman–Crippen LogP) is 3.54. The molecule has 0 atom stereocenters. The number of amides is 1. The Morgan fingerprint density at radius 1 is 1.10 bits per heavy atom. The molecule has 4 heteroatoms. The molecule has 0 N–H and O–H groups in total. The Morgan fingerprint density at radius 3 is 2.19 bits per heavy atom. The Kier molecular flexibility index (Phi) is 8.40. The molecule has 1 rings (SSSR count). The first-order valence-electron chi connectivity index (χ1n) is 8.52. The minimum Gasteiger partial charge on any atom is -0.466 e. The average Bonchev–Trinajstić information content (AvgIpc) is 2.40. The molecule has 4 nitrogen and oxygen atoms in total. The van der Waals surface area contributed by atoms with Gasteiger partial charge in [-0.15, -0.1) is 0 Å². The number of esters is 1. The summed E-state index contributed by atoms with van der Waals surface area (Å²) in [5, 5.41) is 0. The zero-order chi connectivity index (χ0) is 15.7. The van der Waals surface area contributed by atoms with E-state index in [0.29, 0.717) is 25.6 Å². The maximum absolute atomic E-state index is 12.5. The molecular formula is C17H31NO3. The van der Waals surface area contributed by atoms with E-state index in [1.165, 1.54) is 32.1 Å². The molecule has 0 aromatic rings. The molecule has 0 bridgehead atoms. The van der Waals surface area contributed by atoms with Gasteiger partial charge >= 0.3 is 5.97 Å². The second-order valence-corrected chi connectivity index (χ2v) is 6.24. The molecule has 0 aromatic carbocycles. The molecule has 0 aromatic heterocycles. The lowest BCUT2D eigenvalue weighted by atomic mass is 9.94. The number of carbonyl (C=O) groups excluding carboxylic acids is 2. The van der Waals surface area contributed by atoms with Crippen LogP contribution in [0.2, 0.25) is 0 Å². The summed E-state index contributed by atoms with van der Waals surface area (Å²) in [6.45, 7) is 6.58. The largest absolute Gasteiger partial charge is 0.466 e. The molecule has 122 valence electrons. The van der Waals surface area contributed by atoms with E-state index < -0.39 is 0 Å². The number of hydrogen-bond acceptors (Lipinski definition) is 3. The van der Waals surface area contributed by atoms with Gasteiger partial charge in [-0.3, -0.25) is 9.59 Å². The van der Waals surface area contributed by atoms with Gasteiger partial charge in [0.2, 0.25) is 5.91 Å². The van der Waals surface area contributed by atoms with Crippen molar-refractivity contribution in [3.05, 3.63) is 0 Å². The van der Waals surface area contributed by atoms with Gasteiger partial charge in [-0.1, -0.05) is 46.0 Å². The highest BCUT2D eigenvalue weighted by Crippen LogP contribution is 2.23. The van der Waals surface area contributed by atoms with E-state index in [2.05, 4.69) is 0 Å². The van der Waals surface area contributed by atoms with Crippen LogP contribution in [0.3, 0.4) is 0 Å². The third-order valence-corrected chi connectivity index (χ3v) is 4.15. The minimum absolute atomic E-state index is 0.0161. The van der Waals surface area contributed by atoms with Gasteiger partial charge in [0.25, 0.3) is 0 Å². The Morgan fingerprint density at radius 2 is 1.67 bits per heavy atom. The first-order valence-corrected chi connectivity index (χ1v) is 8.52. The van der Waals surface area contributed by atoms with Gasteiger partial charge in [0, 0.05) is 18.5 Å². The summed E-state index contributed by atoms with van der Waals surface area (Å²) >= 11 is 0. The van der Waals surface area contributed by atoms with Crippen molar-refractivity contribution < 1.29 is 14.3 Å². The van der Waals surface area contributed by atoms with Crippen LogP contribution < -0.4 is 0 Å². The summed E-state index contributed by atoms with van der Waals surface area (Å²) in [6.07, 6.45) is 8.66. The normalized spacial score (nSPS) is 17.1. The lowest BCUT2D eigenvalue weighted by molar-refractivity contribution is -0.145. The van der Waals surface area contributed by atoms with Crippen molar-refractivity contribution in [3.63, 3.8) is 0 Å². The molecule has 1 aliphatic rings. The number of hydrogen-bond donors (Lipinski definition) is 0. The molecule has 1 saturated carbocycles. The van der Waals surface area contributed by atoms with Crippen LogP contribution in [0.1, 0.15) is 72.1 Å². The predicted molar refractivity (Wildman–Crippen MR) is 83.9 cm³/mol. The Labute approximate surface area is 129 Å². The van der Waals surface area contributed by atoms with Crippen molar-refractivity contribution >= 4 is 11.9 Å². The highest BCUT2D eigenvalue weighted by molar-refractivity contribution is 5.79. The minimum atomic E-state index is -0.204. The van der Waals surface area contributed by atoms with E-state index in [1.54, 1.807) is 0 Å². The topological polar surface area (TPSA) is 46.6 Å². The maximum atomic E-state index is 12.5. The molecule has 1 amide bonds. The van der Waals surface area contributed by atoms with Crippen LogP contribution in [0.5, 0.6) is 0 Å². The van der Waals surface area contributed by atoms with Crippen molar-refractivity contribution in [2.45, 2.75) is 78.2 Å². The summed E-state index contributed by atoms with van der Waals surface area (Å²) in [4.78, 5) is 26.0. The third kappa shape index (κ3) is 6.49. The van der Waals surface area contributed by atoms with Crippen LogP contribution in [0.4, 0.5) is 0 Å². The first kappa shape index (κ1) is 18.0. The Hall–Kier alpha value is -1.06. The number of carbonyl (C=O) groups is 2.